The highest BCUT2D eigenvalue weighted by Crippen LogP contribution is 2.41. The molecule has 0 fully saturated rings. The third-order valence-corrected chi connectivity index (χ3v) is 7.98. The molecule has 0 amide bonds. The Morgan fingerprint density at radius 1 is 0.625 bits per heavy atom. The van der Waals surface area contributed by atoms with Crippen LogP contribution in [0.15, 0.2) is 142 Å². The highest BCUT2D eigenvalue weighted by atomic mass is 14.3. The van der Waals surface area contributed by atoms with Gasteiger partial charge in [-0.15, -0.1) is 0 Å². The number of hydrogen-bond donors (Lipinski definition) is 0. The van der Waals surface area contributed by atoms with Crippen molar-refractivity contribution in [3.63, 3.8) is 0 Å². The number of allylic oxidation sites excluding steroid dienone is 24. The molecule has 0 radical (unpaired) electrons. The highest BCUT2D eigenvalue weighted by molar-refractivity contribution is 5.42. The Morgan fingerprint density at radius 3 is 1.60 bits per heavy atom. The van der Waals surface area contributed by atoms with E-state index >= 15 is 0 Å². The lowest BCUT2D eigenvalue weighted by molar-refractivity contribution is 0.377. The van der Waals surface area contributed by atoms with Crippen LogP contribution < -0.4 is 0 Å². The number of rotatable bonds is 10. The molecule has 0 heterocycles. The Bertz CT molecular complexity index is 1260. The molecular formula is C40H54. The number of hydrogen-bond acceptors (Lipinski definition) is 0. The molecule has 0 aromatic carbocycles. The quantitative estimate of drug-likeness (QED) is 0.244. The van der Waals surface area contributed by atoms with Gasteiger partial charge in [-0.05, 0) is 94.8 Å². The highest BCUT2D eigenvalue weighted by Gasteiger charge is 2.26. The smallest absolute Gasteiger partial charge is 0.00664 e. The van der Waals surface area contributed by atoms with Gasteiger partial charge >= 0.3 is 0 Å². The van der Waals surface area contributed by atoms with Gasteiger partial charge in [0.15, 0.2) is 0 Å². The second-order valence-electron chi connectivity index (χ2n) is 12.9. The average molecular weight is 535 g/mol. The van der Waals surface area contributed by atoms with Gasteiger partial charge in [-0.3, -0.25) is 0 Å². The van der Waals surface area contributed by atoms with Crippen LogP contribution in [0.2, 0.25) is 0 Å². The van der Waals surface area contributed by atoms with Crippen LogP contribution in [0.4, 0.5) is 0 Å². The summed E-state index contributed by atoms with van der Waals surface area (Å²) in [5.74, 6) is 0. The van der Waals surface area contributed by atoms with Gasteiger partial charge in [-0.25, -0.2) is 0 Å². The molecule has 0 aliphatic heterocycles. The summed E-state index contributed by atoms with van der Waals surface area (Å²) in [5.41, 5.74) is 11.3. The fourth-order valence-electron chi connectivity index (χ4n) is 5.40. The van der Waals surface area contributed by atoms with E-state index in [-0.39, 0.29) is 10.8 Å². The lowest BCUT2D eigenvalue weighted by atomic mass is 9.72. The van der Waals surface area contributed by atoms with Gasteiger partial charge in [-0.2, -0.15) is 0 Å². The van der Waals surface area contributed by atoms with Crippen LogP contribution in [0.25, 0.3) is 0 Å². The molecule has 214 valence electrons. The third-order valence-electron chi connectivity index (χ3n) is 7.98. The van der Waals surface area contributed by atoms with E-state index in [2.05, 4.69) is 166 Å². The average Bonchev–Trinajstić information content (AvgIpc) is 2.85. The molecule has 2 rings (SSSR count). The Hall–Kier alpha value is -3.12. The monoisotopic (exact) mass is 534 g/mol. The first-order valence-electron chi connectivity index (χ1n) is 15.0. The minimum absolute atomic E-state index is 0.204. The summed E-state index contributed by atoms with van der Waals surface area (Å²) in [4.78, 5) is 0. The molecule has 0 atom stereocenters. The summed E-state index contributed by atoms with van der Waals surface area (Å²) in [5, 5.41) is 0. The van der Waals surface area contributed by atoms with Crippen LogP contribution >= 0.6 is 0 Å². The van der Waals surface area contributed by atoms with Crippen molar-refractivity contribution in [1.82, 2.24) is 0 Å². The van der Waals surface area contributed by atoms with Crippen LogP contribution in [0, 0.1) is 10.8 Å². The standard InChI is InChI=1S/C40H54/c1-31(19-13-21-33(3)25-27-37-35(5)23-15-29-39(37,7)8)17-11-12-18-32(2)20-14-22-34(4)26-28-38-36(6)24-16-30-40(38,9)10/h11-15,17-23,25-28H,16,24,29-30H2,1-10H3/b12-11+,19-13+,20-14?,27-25+,28-26?,31-17+,32-18?,33-21+,34-22?. The van der Waals surface area contributed by atoms with Crippen molar-refractivity contribution in [3.05, 3.63) is 142 Å². The molecule has 0 N–H and O–H groups in total. The minimum Gasteiger partial charge on any atom is -0.0834 e. The molecule has 0 bridgehead atoms. The van der Waals surface area contributed by atoms with Crippen molar-refractivity contribution < 1.29 is 0 Å². The summed E-state index contributed by atoms with van der Waals surface area (Å²) in [6.45, 7) is 22.5. The molecule has 0 nitrogen and oxygen atoms in total. The molecule has 40 heavy (non-hydrogen) atoms. The maximum Gasteiger partial charge on any atom is -0.00664 e. The van der Waals surface area contributed by atoms with E-state index in [9.17, 15) is 0 Å². The summed E-state index contributed by atoms with van der Waals surface area (Å²) >= 11 is 0. The van der Waals surface area contributed by atoms with Gasteiger partial charge in [0.25, 0.3) is 0 Å². The summed E-state index contributed by atoms with van der Waals surface area (Å²) in [6.07, 6.45) is 40.0. The maximum atomic E-state index is 2.37. The molecule has 2 aliphatic rings. The topological polar surface area (TPSA) is 0 Å². The molecule has 0 unspecified atom stereocenters. The second kappa shape index (κ2) is 15.6. The Balaban J connectivity index is 1.89. The zero-order valence-corrected chi connectivity index (χ0v) is 27.1. The summed E-state index contributed by atoms with van der Waals surface area (Å²) in [7, 11) is 0. The van der Waals surface area contributed by atoms with Crippen molar-refractivity contribution >= 4 is 0 Å². The third kappa shape index (κ3) is 11.2. The normalized spacial score (nSPS) is 21.6. The Labute approximate surface area is 247 Å². The van der Waals surface area contributed by atoms with Gasteiger partial charge in [0, 0.05) is 0 Å². The van der Waals surface area contributed by atoms with Crippen LogP contribution in [0.5, 0.6) is 0 Å². The fraction of sp³-hybridized carbons (Fsp3) is 0.400. The molecule has 0 saturated heterocycles. The van der Waals surface area contributed by atoms with E-state index < -0.39 is 0 Å². The molecule has 0 saturated carbocycles. The Kier molecular flexibility index (Phi) is 12.9. The van der Waals surface area contributed by atoms with Crippen LogP contribution in [-0.2, 0) is 0 Å². The first-order valence-corrected chi connectivity index (χ1v) is 15.0. The summed E-state index contributed by atoms with van der Waals surface area (Å²) in [6, 6.07) is 0. The van der Waals surface area contributed by atoms with Crippen LogP contribution in [-0.4, -0.2) is 0 Å². The van der Waals surface area contributed by atoms with Crippen molar-refractivity contribution in [2.45, 2.75) is 94.9 Å². The first-order chi connectivity index (χ1) is 18.8. The molecule has 2 aliphatic carbocycles. The molecule has 0 heteroatoms. The largest absolute Gasteiger partial charge is 0.0834 e. The van der Waals surface area contributed by atoms with Gasteiger partial charge < -0.3 is 0 Å². The van der Waals surface area contributed by atoms with Gasteiger partial charge in [0.1, 0.15) is 0 Å². The zero-order valence-electron chi connectivity index (χ0n) is 27.1. The lowest BCUT2D eigenvalue weighted by Crippen LogP contribution is -2.19. The minimum atomic E-state index is 0.204. The van der Waals surface area contributed by atoms with E-state index in [0.29, 0.717) is 0 Å². The van der Waals surface area contributed by atoms with Crippen LogP contribution in [0.3, 0.4) is 0 Å². The van der Waals surface area contributed by atoms with E-state index in [1.165, 1.54) is 58.3 Å². The SMILES string of the molecule is CC(C=CC1=C(C)CCCC1(C)C)=CC=CC(C)=C/C=C/C=C(C)/C=C/C=C(C)/C=C/C1=C(C)C=CCC1(C)C. The predicted molar refractivity (Wildman–Crippen MR) is 181 cm³/mol. The molecular weight excluding hydrogens is 480 g/mol. The van der Waals surface area contributed by atoms with Gasteiger partial charge in [0.2, 0.25) is 0 Å². The van der Waals surface area contributed by atoms with Crippen molar-refractivity contribution in [1.29, 1.82) is 0 Å². The zero-order chi connectivity index (χ0) is 29.8. The van der Waals surface area contributed by atoms with Crippen molar-refractivity contribution in [2.24, 2.45) is 10.8 Å². The van der Waals surface area contributed by atoms with Crippen LogP contribution in [0.1, 0.15) is 94.9 Å². The van der Waals surface area contributed by atoms with Crippen molar-refractivity contribution in [2.75, 3.05) is 0 Å². The van der Waals surface area contributed by atoms with Gasteiger partial charge in [-0.1, -0.05) is 153 Å². The van der Waals surface area contributed by atoms with E-state index in [1.54, 1.807) is 5.57 Å². The van der Waals surface area contributed by atoms with Gasteiger partial charge in [0.05, 0.1) is 0 Å². The second-order valence-corrected chi connectivity index (χ2v) is 12.9. The predicted octanol–water partition coefficient (Wildman–Crippen LogP) is 12.4. The van der Waals surface area contributed by atoms with Crippen molar-refractivity contribution in [3.8, 4) is 0 Å². The van der Waals surface area contributed by atoms with E-state index in [4.69, 9.17) is 0 Å². The fourth-order valence-corrected chi connectivity index (χ4v) is 5.40. The molecule has 0 aromatic heterocycles. The maximum absolute atomic E-state index is 2.37. The van der Waals surface area contributed by atoms with E-state index in [1.807, 2.05) is 0 Å². The first kappa shape index (κ1) is 33.1. The lowest BCUT2D eigenvalue weighted by Gasteiger charge is -2.32. The Morgan fingerprint density at radius 2 is 1.10 bits per heavy atom. The molecule has 0 aromatic rings. The summed E-state index contributed by atoms with van der Waals surface area (Å²) < 4.78 is 0. The van der Waals surface area contributed by atoms with E-state index in [0.717, 1.165) is 6.42 Å². The molecule has 0 spiro atoms.